The lowest BCUT2D eigenvalue weighted by Gasteiger charge is -2.32. The van der Waals surface area contributed by atoms with Gasteiger partial charge in [-0.05, 0) is 19.3 Å². The summed E-state index contributed by atoms with van der Waals surface area (Å²) in [5.74, 6) is -1.94. The molecule has 0 aromatic heterocycles. The van der Waals surface area contributed by atoms with Crippen molar-refractivity contribution in [1.82, 2.24) is 10.2 Å². The summed E-state index contributed by atoms with van der Waals surface area (Å²) < 4.78 is 38.0. The third-order valence-electron chi connectivity index (χ3n) is 3.96. The first-order valence-corrected chi connectivity index (χ1v) is 6.42. The Morgan fingerprint density at radius 2 is 1.95 bits per heavy atom. The van der Waals surface area contributed by atoms with E-state index in [4.69, 9.17) is 0 Å². The maximum atomic E-state index is 12.7. The monoisotopic (exact) mass is 278 g/mol. The van der Waals surface area contributed by atoms with Crippen LogP contribution in [0.25, 0.3) is 0 Å². The summed E-state index contributed by atoms with van der Waals surface area (Å²) in [5.41, 5.74) is 0. The zero-order valence-corrected chi connectivity index (χ0v) is 10.7. The van der Waals surface area contributed by atoms with Crippen molar-refractivity contribution in [3.8, 4) is 0 Å². The zero-order chi connectivity index (χ0) is 14.2. The number of likely N-dealkylation sites (N-methyl/N-ethyl adjacent to an activating group) is 1. The third kappa shape index (κ3) is 3.08. The van der Waals surface area contributed by atoms with Gasteiger partial charge in [-0.2, -0.15) is 13.2 Å². The molecule has 2 fully saturated rings. The number of hydrogen-bond acceptors (Lipinski definition) is 3. The summed E-state index contributed by atoms with van der Waals surface area (Å²) in [5, 5.41) is 2.92. The number of nitrogens with one attached hydrogen (secondary N) is 1. The van der Waals surface area contributed by atoms with Crippen LogP contribution in [-0.4, -0.2) is 42.0 Å². The molecule has 0 bridgehead atoms. The van der Waals surface area contributed by atoms with E-state index in [9.17, 15) is 22.8 Å². The van der Waals surface area contributed by atoms with Crippen molar-refractivity contribution < 1.29 is 22.8 Å². The SMILES string of the molecule is CN1C(=O)CC(NC2CCCC(C(F)(F)F)C2)C1=O. The molecule has 1 saturated carbocycles. The lowest BCUT2D eigenvalue weighted by Crippen LogP contribution is -2.46. The smallest absolute Gasteiger partial charge is 0.303 e. The second-order valence-corrected chi connectivity index (χ2v) is 5.32. The highest BCUT2D eigenvalue weighted by atomic mass is 19.4. The van der Waals surface area contributed by atoms with Gasteiger partial charge in [0, 0.05) is 13.1 Å². The van der Waals surface area contributed by atoms with Crippen LogP contribution in [0.2, 0.25) is 0 Å². The van der Waals surface area contributed by atoms with Crippen molar-refractivity contribution in [3.05, 3.63) is 0 Å². The Hall–Kier alpha value is -1.11. The van der Waals surface area contributed by atoms with Gasteiger partial charge < -0.3 is 5.32 Å². The van der Waals surface area contributed by atoms with Gasteiger partial charge in [0.1, 0.15) is 0 Å². The van der Waals surface area contributed by atoms with Gasteiger partial charge in [-0.3, -0.25) is 14.5 Å². The molecule has 0 aromatic rings. The number of carbonyl (C=O) groups is 2. The van der Waals surface area contributed by atoms with Gasteiger partial charge in [0.15, 0.2) is 0 Å². The average molecular weight is 278 g/mol. The molecule has 2 aliphatic rings. The quantitative estimate of drug-likeness (QED) is 0.778. The largest absolute Gasteiger partial charge is 0.391 e. The number of amides is 2. The number of hydrogen-bond donors (Lipinski definition) is 1. The molecule has 0 aromatic carbocycles. The standard InChI is InChI=1S/C12H17F3N2O2/c1-17-10(18)6-9(11(17)19)16-8-4-2-3-7(5-8)12(13,14)15/h7-9,16H,2-6H2,1H3. The van der Waals surface area contributed by atoms with Crippen LogP contribution in [0.4, 0.5) is 13.2 Å². The van der Waals surface area contributed by atoms with Crippen LogP contribution < -0.4 is 5.32 Å². The molecule has 4 nitrogen and oxygen atoms in total. The fraction of sp³-hybridized carbons (Fsp3) is 0.833. The lowest BCUT2D eigenvalue weighted by atomic mass is 9.85. The van der Waals surface area contributed by atoms with Gasteiger partial charge >= 0.3 is 6.18 Å². The molecule has 7 heteroatoms. The summed E-state index contributed by atoms with van der Waals surface area (Å²) in [7, 11) is 1.39. The molecule has 1 aliphatic heterocycles. The van der Waals surface area contributed by atoms with Crippen LogP contribution in [-0.2, 0) is 9.59 Å². The zero-order valence-electron chi connectivity index (χ0n) is 10.7. The predicted molar refractivity (Wildman–Crippen MR) is 61.1 cm³/mol. The fourth-order valence-electron chi connectivity index (χ4n) is 2.81. The highest BCUT2D eigenvalue weighted by Gasteiger charge is 2.44. The van der Waals surface area contributed by atoms with Crippen LogP contribution in [0.15, 0.2) is 0 Å². The van der Waals surface area contributed by atoms with Gasteiger partial charge in [0.05, 0.1) is 18.4 Å². The van der Waals surface area contributed by atoms with Crippen molar-refractivity contribution in [1.29, 1.82) is 0 Å². The Bertz CT molecular complexity index is 384. The molecule has 1 aliphatic carbocycles. The molecule has 1 N–H and O–H groups in total. The highest BCUT2D eigenvalue weighted by Crippen LogP contribution is 2.37. The van der Waals surface area contributed by atoms with E-state index < -0.39 is 18.1 Å². The van der Waals surface area contributed by atoms with E-state index in [0.717, 1.165) is 4.90 Å². The number of halogens is 3. The second kappa shape index (κ2) is 5.11. The van der Waals surface area contributed by atoms with Crippen LogP contribution >= 0.6 is 0 Å². The Balaban J connectivity index is 1.93. The van der Waals surface area contributed by atoms with Gasteiger partial charge in [0.25, 0.3) is 0 Å². The fourth-order valence-corrected chi connectivity index (χ4v) is 2.81. The normalized spacial score (nSPS) is 33.1. The molecule has 3 unspecified atom stereocenters. The molecule has 19 heavy (non-hydrogen) atoms. The highest BCUT2D eigenvalue weighted by molar-refractivity contribution is 6.05. The summed E-state index contributed by atoms with van der Waals surface area (Å²) in [4.78, 5) is 24.1. The van der Waals surface area contributed by atoms with Crippen molar-refractivity contribution in [2.45, 2.75) is 50.4 Å². The van der Waals surface area contributed by atoms with Crippen molar-refractivity contribution in [2.24, 2.45) is 5.92 Å². The molecule has 0 spiro atoms. The summed E-state index contributed by atoms with van der Waals surface area (Å²) >= 11 is 0. The average Bonchev–Trinajstić information content (AvgIpc) is 2.56. The number of likely N-dealkylation sites (tertiary alicyclic amines) is 1. The summed E-state index contributed by atoms with van der Waals surface area (Å²) in [6.07, 6.45) is -2.87. The first kappa shape index (κ1) is 14.3. The van der Waals surface area contributed by atoms with Crippen molar-refractivity contribution >= 4 is 11.8 Å². The van der Waals surface area contributed by atoms with Crippen LogP contribution in [0, 0.1) is 5.92 Å². The first-order chi connectivity index (χ1) is 8.79. The maximum Gasteiger partial charge on any atom is 0.391 e. The molecule has 2 amide bonds. The Morgan fingerprint density at radius 3 is 2.47 bits per heavy atom. The van der Waals surface area contributed by atoms with Gasteiger partial charge in [-0.15, -0.1) is 0 Å². The van der Waals surface area contributed by atoms with Crippen LogP contribution in [0.3, 0.4) is 0 Å². The lowest BCUT2D eigenvalue weighted by molar-refractivity contribution is -0.183. The van der Waals surface area contributed by atoms with E-state index in [2.05, 4.69) is 5.32 Å². The first-order valence-electron chi connectivity index (χ1n) is 6.42. The van der Waals surface area contributed by atoms with E-state index in [1.807, 2.05) is 0 Å². The molecular formula is C12H17F3N2O2. The van der Waals surface area contributed by atoms with E-state index in [-0.39, 0.29) is 37.1 Å². The van der Waals surface area contributed by atoms with Crippen LogP contribution in [0.5, 0.6) is 0 Å². The van der Waals surface area contributed by atoms with Crippen LogP contribution in [0.1, 0.15) is 32.1 Å². The van der Waals surface area contributed by atoms with E-state index in [1.54, 1.807) is 0 Å². The molecule has 2 rings (SSSR count). The molecule has 0 radical (unpaired) electrons. The van der Waals surface area contributed by atoms with Crippen molar-refractivity contribution in [2.75, 3.05) is 7.05 Å². The Kier molecular flexibility index (Phi) is 3.85. The topological polar surface area (TPSA) is 49.4 Å². The number of nitrogens with zero attached hydrogens (tertiary/aromatic N) is 1. The number of imide groups is 1. The molecular weight excluding hydrogens is 261 g/mol. The van der Waals surface area contributed by atoms with Gasteiger partial charge in [0.2, 0.25) is 11.8 Å². The number of rotatable bonds is 2. The van der Waals surface area contributed by atoms with E-state index in [0.29, 0.717) is 12.8 Å². The second-order valence-electron chi connectivity index (χ2n) is 5.32. The van der Waals surface area contributed by atoms with Gasteiger partial charge in [-0.25, -0.2) is 0 Å². The molecule has 1 heterocycles. The number of carbonyl (C=O) groups excluding carboxylic acids is 2. The minimum absolute atomic E-state index is 0.00875. The Labute approximate surface area is 109 Å². The van der Waals surface area contributed by atoms with Gasteiger partial charge in [-0.1, -0.05) is 6.42 Å². The van der Waals surface area contributed by atoms with E-state index >= 15 is 0 Å². The predicted octanol–water partition coefficient (Wildman–Crippen LogP) is 1.45. The molecule has 1 saturated heterocycles. The van der Waals surface area contributed by atoms with Crippen molar-refractivity contribution in [3.63, 3.8) is 0 Å². The third-order valence-corrected chi connectivity index (χ3v) is 3.96. The molecule has 108 valence electrons. The summed E-state index contributed by atoms with van der Waals surface area (Å²) in [6.45, 7) is 0. The van der Waals surface area contributed by atoms with E-state index in [1.165, 1.54) is 7.05 Å². The summed E-state index contributed by atoms with van der Waals surface area (Å²) in [6, 6.07) is -0.997. The molecule has 3 atom stereocenters. The Morgan fingerprint density at radius 1 is 1.26 bits per heavy atom. The number of alkyl halides is 3. The minimum atomic E-state index is -4.17. The minimum Gasteiger partial charge on any atom is -0.303 e. The maximum absolute atomic E-state index is 12.7.